The predicted octanol–water partition coefficient (Wildman–Crippen LogP) is 2.01. The van der Waals surface area contributed by atoms with E-state index in [1.807, 2.05) is 0 Å². The average molecular weight is 337 g/mol. The molecule has 0 amide bonds. The van der Waals surface area contributed by atoms with Gasteiger partial charge in [0, 0.05) is 24.6 Å². The maximum Gasteiger partial charge on any atom is 0.263 e. The van der Waals surface area contributed by atoms with E-state index >= 15 is 0 Å². The summed E-state index contributed by atoms with van der Waals surface area (Å²) in [6.07, 6.45) is 3.18. The quantitative estimate of drug-likeness (QED) is 0.790. The maximum atomic E-state index is 13.5. The van der Waals surface area contributed by atoms with Gasteiger partial charge in [-0.2, -0.15) is 4.31 Å². The van der Waals surface area contributed by atoms with Gasteiger partial charge in [-0.05, 0) is 30.9 Å². The molecule has 1 aromatic rings. The summed E-state index contributed by atoms with van der Waals surface area (Å²) in [5, 5.41) is -0.498. The first-order valence-electron chi connectivity index (χ1n) is 5.62. The van der Waals surface area contributed by atoms with Crippen LogP contribution in [0.15, 0.2) is 23.4 Å². The van der Waals surface area contributed by atoms with Gasteiger partial charge in [-0.25, -0.2) is 17.8 Å². The molecule has 1 aliphatic rings. The lowest BCUT2D eigenvalue weighted by atomic mass is 9.85. The average Bonchev–Trinajstić information content (AvgIpc) is 2.27. The number of alkyl halides is 1. The molecule has 0 saturated heterocycles. The molecule has 0 aromatic carbocycles. The summed E-state index contributed by atoms with van der Waals surface area (Å²) in [6.45, 7) is 0.403. The van der Waals surface area contributed by atoms with Crippen molar-refractivity contribution in [2.45, 2.75) is 22.7 Å². The standard InChI is InChI=1S/C11H14BrFN2O2S/c1-15(7-8-5-9(12)6-8)18(16,17)11-10(13)3-2-4-14-11/h2-4,8-9H,5-7H2,1H3. The SMILES string of the molecule is CN(CC1CC(Br)C1)S(=O)(=O)c1ncccc1F. The number of pyridine rings is 1. The molecule has 1 heterocycles. The van der Waals surface area contributed by atoms with Crippen LogP contribution >= 0.6 is 15.9 Å². The van der Waals surface area contributed by atoms with Gasteiger partial charge in [0.15, 0.2) is 5.82 Å². The predicted molar refractivity (Wildman–Crippen MR) is 69.4 cm³/mol. The zero-order chi connectivity index (χ0) is 13.3. The van der Waals surface area contributed by atoms with Crippen LogP contribution in [0.4, 0.5) is 4.39 Å². The first-order valence-corrected chi connectivity index (χ1v) is 7.97. The largest absolute Gasteiger partial charge is 0.263 e. The summed E-state index contributed by atoms with van der Waals surface area (Å²) in [5.41, 5.74) is 0. The van der Waals surface area contributed by atoms with Gasteiger partial charge in [-0.3, -0.25) is 0 Å². The summed E-state index contributed by atoms with van der Waals surface area (Å²) in [7, 11) is -2.36. The van der Waals surface area contributed by atoms with Crippen molar-refractivity contribution < 1.29 is 12.8 Å². The lowest BCUT2D eigenvalue weighted by Crippen LogP contribution is -2.38. The van der Waals surface area contributed by atoms with Gasteiger partial charge in [0.2, 0.25) is 5.03 Å². The second kappa shape index (κ2) is 5.22. The van der Waals surface area contributed by atoms with Crippen molar-refractivity contribution in [1.29, 1.82) is 0 Å². The Balaban J connectivity index is 2.13. The molecule has 100 valence electrons. The van der Waals surface area contributed by atoms with Gasteiger partial charge in [-0.15, -0.1) is 0 Å². The van der Waals surface area contributed by atoms with E-state index in [0.717, 1.165) is 18.9 Å². The molecule has 0 bridgehead atoms. The minimum absolute atomic E-state index is 0.334. The summed E-state index contributed by atoms with van der Waals surface area (Å²) in [6, 6.07) is 2.47. The van der Waals surface area contributed by atoms with Crippen LogP contribution in [0.1, 0.15) is 12.8 Å². The zero-order valence-corrected chi connectivity index (χ0v) is 12.3. The van der Waals surface area contributed by atoms with Crippen LogP contribution in [0, 0.1) is 11.7 Å². The molecule has 7 heteroatoms. The van der Waals surface area contributed by atoms with E-state index in [9.17, 15) is 12.8 Å². The van der Waals surface area contributed by atoms with E-state index < -0.39 is 20.9 Å². The molecule has 0 radical (unpaired) electrons. The molecule has 0 aliphatic heterocycles. The Labute approximate surface area is 114 Å². The Morgan fingerprint density at radius 3 is 2.78 bits per heavy atom. The molecular formula is C11H14BrFN2O2S. The van der Waals surface area contributed by atoms with Crippen molar-refractivity contribution in [1.82, 2.24) is 9.29 Å². The highest BCUT2D eigenvalue weighted by Gasteiger charge is 2.32. The third-order valence-corrected chi connectivity index (χ3v) is 5.58. The topological polar surface area (TPSA) is 50.3 Å². The van der Waals surface area contributed by atoms with Gasteiger partial charge in [0.05, 0.1) is 0 Å². The molecular weight excluding hydrogens is 323 g/mol. The van der Waals surface area contributed by atoms with E-state index in [1.165, 1.54) is 23.6 Å². The summed E-state index contributed by atoms with van der Waals surface area (Å²) in [5.74, 6) is -0.475. The fraction of sp³-hybridized carbons (Fsp3) is 0.545. The molecule has 0 N–H and O–H groups in total. The minimum Gasteiger partial charge on any atom is -0.241 e. The van der Waals surface area contributed by atoms with Crippen LogP contribution in [0.2, 0.25) is 0 Å². The van der Waals surface area contributed by atoms with E-state index in [1.54, 1.807) is 0 Å². The fourth-order valence-corrected chi connectivity index (χ4v) is 4.24. The van der Waals surface area contributed by atoms with Gasteiger partial charge in [0.1, 0.15) is 0 Å². The first kappa shape index (κ1) is 13.9. The van der Waals surface area contributed by atoms with Crippen molar-refractivity contribution in [2.24, 2.45) is 5.92 Å². The lowest BCUT2D eigenvalue weighted by Gasteiger charge is -2.33. The summed E-state index contributed by atoms with van der Waals surface area (Å²) < 4.78 is 38.9. The van der Waals surface area contributed by atoms with Crippen LogP contribution in [0.25, 0.3) is 0 Å². The van der Waals surface area contributed by atoms with Gasteiger partial charge in [0.25, 0.3) is 10.0 Å². The van der Waals surface area contributed by atoms with Crippen molar-refractivity contribution in [3.63, 3.8) is 0 Å². The van der Waals surface area contributed by atoms with Crippen LogP contribution in [-0.4, -0.2) is 36.1 Å². The normalized spacial score (nSPS) is 24.0. The van der Waals surface area contributed by atoms with E-state index in [2.05, 4.69) is 20.9 Å². The fourth-order valence-electron chi connectivity index (χ4n) is 1.97. The van der Waals surface area contributed by atoms with Gasteiger partial charge in [-0.1, -0.05) is 15.9 Å². The number of hydrogen-bond donors (Lipinski definition) is 0. The molecule has 1 saturated carbocycles. The number of halogens is 2. The molecule has 0 atom stereocenters. The third kappa shape index (κ3) is 2.73. The van der Waals surface area contributed by atoms with E-state index in [0.29, 0.717) is 17.3 Å². The smallest absolute Gasteiger partial charge is 0.241 e. The van der Waals surface area contributed by atoms with Gasteiger partial charge >= 0.3 is 0 Å². The summed E-state index contributed by atoms with van der Waals surface area (Å²) in [4.78, 5) is 4.10. The number of aromatic nitrogens is 1. The Morgan fingerprint density at radius 2 is 2.22 bits per heavy atom. The van der Waals surface area contributed by atoms with Crippen LogP contribution < -0.4 is 0 Å². The minimum atomic E-state index is -3.83. The third-order valence-electron chi connectivity index (χ3n) is 3.07. The zero-order valence-electron chi connectivity index (χ0n) is 9.88. The number of hydrogen-bond acceptors (Lipinski definition) is 3. The van der Waals surface area contributed by atoms with Crippen molar-refractivity contribution in [3.8, 4) is 0 Å². The number of nitrogens with zero attached hydrogens (tertiary/aromatic N) is 2. The van der Waals surface area contributed by atoms with Crippen molar-refractivity contribution in [2.75, 3.05) is 13.6 Å². The van der Waals surface area contributed by atoms with Crippen molar-refractivity contribution >= 4 is 26.0 Å². The number of sulfonamides is 1. The van der Waals surface area contributed by atoms with E-state index in [4.69, 9.17) is 0 Å². The van der Waals surface area contributed by atoms with Crippen molar-refractivity contribution in [3.05, 3.63) is 24.1 Å². The Morgan fingerprint density at radius 1 is 1.56 bits per heavy atom. The molecule has 1 aliphatic carbocycles. The highest BCUT2D eigenvalue weighted by atomic mass is 79.9. The highest BCUT2D eigenvalue weighted by molar-refractivity contribution is 9.09. The Hall–Kier alpha value is -0.530. The second-order valence-corrected chi connectivity index (χ2v) is 7.77. The molecule has 2 rings (SSSR count). The van der Waals surface area contributed by atoms with E-state index in [-0.39, 0.29) is 0 Å². The Bertz CT molecular complexity index is 532. The molecule has 4 nitrogen and oxygen atoms in total. The highest BCUT2D eigenvalue weighted by Crippen LogP contribution is 2.34. The first-order chi connectivity index (χ1) is 8.41. The molecule has 1 aromatic heterocycles. The molecule has 18 heavy (non-hydrogen) atoms. The molecule has 0 spiro atoms. The lowest BCUT2D eigenvalue weighted by molar-refractivity contribution is 0.274. The Kier molecular flexibility index (Phi) is 4.03. The number of rotatable bonds is 4. The maximum absolute atomic E-state index is 13.5. The molecule has 0 unspecified atom stereocenters. The monoisotopic (exact) mass is 336 g/mol. The van der Waals surface area contributed by atoms with Crippen LogP contribution in [-0.2, 0) is 10.0 Å². The van der Waals surface area contributed by atoms with Crippen LogP contribution in [0.5, 0.6) is 0 Å². The second-order valence-electron chi connectivity index (χ2n) is 4.51. The summed E-state index contributed by atoms with van der Waals surface area (Å²) >= 11 is 3.46. The van der Waals surface area contributed by atoms with Gasteiger partial charge < -0.3 is 0 Å². The molecule has 1 fully saturated rings. The van der Waals surface area contributed by atoms with Crippen LogP contribution in [0.3, 0.4) is 0 Å².